The van der Waals surface area contributed by atoms with E-state index >= 15 is 0 Å². The largest absolute Gasteiger partial charge is 0.497 e. The molecule has 0 spiro atoms. The van der Waals surface area contributed by atoms with Crippen LogP contribution in [0.1, 0.15) is 18.9 Å². The number of fused-ring (bicyclic) bond motifs is 1. The van der Waals surface area contributed by atoms with Crippen LogP contribution in [-0.4, -0.2) is 29.8 Å². The molecule has 2 atom stereocenters. The zero-order valence-corrected chi connectivity index (χ0v) is 11.6. The molecule has 1 amide bonds. The van der Waals surface area contributed by atoms with Gasteiger partial charge >= 0.3 is 0 Å². The summed E-state index contributed by atoms with van der Waals surface area (Å²) >= 11 is 0. The molecule has 0 radical (unpaired) electrons. The highest BCUT2D eigenvalue weighted by molar-refractivity contribution is 6.05. The zero-order chi connectivity index (χ0) is 14.8. The van der Waals surface area contributed by atoms with Crippen LogP contribution in [0, 0.1) is 5.92 Å². The van der Waals surface area contributed by atoms with Crippen molar-refractivity contribution in [2.75, 3.05) is 19.0 Å². The summed E-state index contributed by atoms with van der Waals surface area (Å²) in [7, 11) is 1.54. The maximum Gasteiger partial charge on any atom is 0.261 e. The van der Waals surface area contributed by atoms with Crippen molar-refractivity contribution < 1.29 is 19.7 Å². The number of carbonyl (C=O) groups excluding carboxylic acids is 1. The Labute approximate surface area is 117 Å². The van der Waals surface area contributed by atoms with Gasteiger partial charge in [0, 0.05) is 23.8 Å². The quantitative estimate of drug-likeness (QED) is 0.711. The predicted molar refractivity (Wildman–Crippen MR) is 75.5 cm³/mol. The van der Waals surface area contributed by atoms with Crippen LogP contribution in [0.4, 0.5) is 5.69 Å². The molecule has 1 heterocycles. The van der Waals surface area contributed by atoms with E-state index in [4.69, 9.17) is 9.84 Å². The Morgan fingerprint density at radius 1 is 1.50 bits per heavy atom. The lowest BCUT2D eigenvalue weighted by Crippen LogP contribution is -2.39. The molecule has 0 saturated heterocycles. The van der Waals surface area contributed by atoms with Gasteiger partial charge in [-0.05, 0) is 24.6 Å². The van der Waals surface area contributed by atoms with Gasteiger partial charge in [-0.25, -0.2) is 0 Å². The Hall–Kier alpha value is -1.85. The Morgan fingerprint density at radius 2 is 2.25 bits per heavy atom. The second-order valence-corrected chi connectivity index (χ2v) is 4.86. The van der Waals surface area contributed by atoms with Gasteiger partial charge in [0.15, 0.2) is 5.60 Å². The van der Waals surface area contributed by atoms with Crippen LogP contribution in [0.3, 0.4) is 0 Å². The molecule has 0 unspecified atom stereocenters. The third-order valence-corrected chi connectivity index (χ3v) is 3.61. The van der Waals surface area contributed by atoms with E-state index in [9.17, 15) is 9.90 Å². The molecule has 5 heteroatoms. The van der Waals surface area contributed by atoms with Crippen molar-refractivity contribution in [2.45, 2.75) is 18.9 Å². The maximum atomic E-state index is 12.1. The summed E-state index contributed by atoms with van der Waals surface area (Å²) < 4.78 is 5.15. The molecule has 1 aliphatic heterocycles. The number of methoxy groups -OCH3 is 1. The van der Waals surface area contributed by atoms with Crippen molar-refractivity contribution in [1.29, 1.82) is 0 Å². The third-order valence-electron chi connectivity index (χ3n) is 3.61. The number of rotatable bonds is 5. The molecule has 20 heavy (non-hydrogen) atoms. The van der Waals surface area contributed by atoms with E-state index in [1.807, 2.05) is 0 Å². The SMILES string of the molecule is COc1ccc2c(c1)[C@@](O)([C@H](C)/C=C/CCO)C(=O)N2. The van der Waals surface area contributed by atoms with Gasteiger partial charge < -0.3 is 20.3 Å². The highest BCUT2D eigenvalue weighted by Crippen LogP contribution is 2.43. The molecule has 0 bridgehead atoms. The van der Waals surface area contributed by atoms with E-state index in [1.54, 1.807) is 37.3 Å². The minimum absolute atomic E-state index is 0.0399. The van der Waals surface area contributed by atoms with Crippen LogP contribution < -0.4 is 10.1 Å². The molecule has 0 saturated carbocycles. The van der Waals surface area contributed by atoms with Gasteiger partial charge in [-0.3, -0.25) is 4.79 Å². The average molecular weight is 277 g/mol. The van der Waals surface area contributed by atoms with Crippen molar-refractivity contribution >= 4 is 11.6 Å². The molecule has 108 valence electrons. The van der Waals surface area contributed by atoms with E-state index in [1.165, 1.54) is 7.11 Å². The lowest BCUT2D eigenvalue weighted by atomic mass is 9.83. The van der Waals surface area contributed by atoms with Gasteiger partial charge in [-0.15, -0.1) is 0 Å². The number of aliphatic hydroxyl groups is 2. The van der Waals surface area contributed by atoms with Gasteiger partial charge in [-0.1, -0.05) is 19.1 Å². The Morgan fingerprint density at radius 3 is 2.90 bits per heavy atom. The Balaban J connectivity index is 2.38. The summed E-state index contributed by atoms with van der Waals surface area (Å²) in [6, 6.07) is 5.12. The molecule has 0 aliphatic carbocycles. The molecule has 1 aliphatic rings. The van der Waals surface area contributed by atoms with Crippen molar-refractivity contribution in [3.8, 4) is 5.75 Å². The van der Waals surface area contributed by atoms with E-state index < -0.39 is 17.4 Å². The Kier molecular flexibility index (Phi) is 4.11. The van der Waals surface area contributed by atoms with E-state index in [0.29, 0.717) is 23.4 Å². The fourth-order valence-electron chi connectivity index (χ4n) is 2.38. The second kappa shape index (κ2) is 5.64. The average Bonchev–Trinajstić information content (AvgIpc) is 2.71. The van der Waals surface area contributed by atoms with Gasteiger partial charge in [0.2, 0.25) is 0 Å². The van der Waals surface area contributed by atoms with E-state index in [-0.39, 0.29) is 6.61 Å². The van der Waals surface area contributed by atoms with E-state index in [2.05, 4.69) is 5.32 Å². The molecule has 1 aromatic rings. The summed E-state index contributed by atoms with van der Waals surface area (Å²) in [5, 5.41) is 22.3. The van der Waals surface area contributed by atoms with Crippen LogP contribution in [0.15, 0.2) is 30.4 Å². The van der Waals surface area contributed by atoms with Crippen LogP contribution in [0.5, 0.6) is 5.75 Å². The molecule has 5 nitrogen and oxygen atoms in total. The van der Waals surface area contributed by atoms with Gasteiger partial charge in [-0.2, -0.15) is 0 Å². The lowest BCUT2D eigenvalue weighted by molar-refractivity contribution is -0.137. The van der Waals surface area contributed by atoms with Crippen LogP contribution in [0.2, 0.25) is 0 Å². The number of hydrogen-bond acceptors (Lipinski definition) is 4. The Bertz CT molecular complexity index is 541. The second-order valence-electron chi connectivity index (χ2n) is 4.86. The summed E-state index contributed by atoms with van der Waals surface area (Å²) in [6.45, 7) is 1.81. The van der Waals surface area contributed by atoms with Gasteiger partial charge in [0.05, 0.1) is 7.11 Å². The number of benzene rings is 1. The summed E-state index contributed by atoms with van der Waals surface area (Å²) in [6.07, 6.45) is 3.99. The summed E-state index contributed by atoms with van der Waals surface area (Å²) in [4.78, 5) is 12.1. The van der Waals surface area contributed by atoms with Crippen molar-refractivity contribution in [3.05, 3.63) is 35.9 Å². The first kappa shape index (κ1) is 14.6. The van der Waals surface area contributed by atoms with E-state index in [0.717, 1.165) is 0 Å². The smallest absolute Gasteiger partial charge is 0.261 e. The molecule has 0 aromatic heterocycles. The standard InChI is InChI=1S/C15H19NO4/c1-10(5-3-4-8-17)15(19)12-9-11(20-2)6-7-13(12)16-14(15)18/h3,5-7,9-10,17,19H,4,8H2,1-2H3,(H,16,18)/b5-3+/t10-,15+/m1/s1. The lowest BCUT2D eigenvalue weighted by Gasteiger charge is -2.26. The highest BCUT2D eigenvalue weighted by atomic mass is 16.5. The summed E-state index contributed by atoms with van der Waals surface area (Å²) in [5.41, 5.74) is -0.501. The molecule has 3 N–H and O–H groups in total. The molecular formula is C15H19NO4. The summed E-state index contributed by atoms with van der Waals surface area (Å²) in [5.74, 6) is -0.269. The topological polar surface area (TPSA) is 78.8 Å². The number of aliphatic hydroxyl groups excluding tert-OH is 1. The number of anilines is 1. The first-order valence-electron chi connectivity index (χ1n) is 6.54. The van der Waals surface area contributed by atoms with Crippen LogP contribution in [0.25, 0.3) is 0 Å². The third kappa shape index (κ3) is 2.30. The molecule has 0 fully saturated rings. The first-order chi connectivity index (χ1) is 9.53. The number of hydrogen-bond donors (Lipinski definition) is 3. The number of carbonyl (C=O) groups is 1. The zero-order valence-electron chi connectivity index (χ0n) is 11.6. The van der Waals surface area contributed by atoms with Crippen LogP contribution >= 0.6 is 0 Å². The maximum absolute atomic E-state index is 12.1. The first-order valence-corrected chi connectivity index (χ1v) is 6.54. The highest BCUT2D eigenvalue weighted by Gasteiger charge is 2.48. The molecule has 1 aromatic carbocycles. The monoisotopic (exact) mass is 277 g/mol. The van der Waals surface area contributed by atoms with Crippen LogP contribution in [-0.2, 0) is 10.4 Å². The predicted octanol–water partition coefficient (Wildman–Crippen LogP) is 1.41. The minimum Gasteiger partial charge on any atom is -0.497 e. The molecular weight excluding hydrogens is 258 g/mol. The fourth-order valence-corrected chi connectivity index (χ4v) is 2.38. The van der Waals surface area contributed by atoms with Gasteiger partial charge in [0.1, 0.15) is 5.75 Å². The number of ether oxygens (including phenoxy) is 1. The minimum atomic E-state index is -1.62. The van der Waals surface area contributed by atoms with Crippen molar-refractivity contribution in [2.24, 2.45) is 5.92 Å². The normalized spacial score (nSPS) is 22.7. The fraction of sp³-hybridized carbons (Fsp3) is 0.400. The van der Waals surface area contributed by atoms with Crippen molar-refractivity contribution in [3.63, 3.8) is 0 Å². The number of nitrogens with one attached hydrogen (secondary N) is 1. The van der Waals surface area contributed by atoms with Crippen molar-refractivity contribution in [1.82, 2.24) is 0 Å². The molecule has 2 rings (SSSR count). The van der Waals surface area contributed by atoms with Gasteiger partial charge in [0.25, 0.3) is 5.91 Å². The number of amides is 1.